The van der Waals surface area contributed by atoms with Gasteiger partial charge in [-0.3, -0.25) is 4.90 Å². The van der Waals surface area contributed by atoms with Gasteiger partial charge in [0.1, 0.15) is 0 Å². The molecule has 0 spiro atoms. The van der Waals surface area contributed by atoms with Crippen LogP contribution in [0.25, 0.3) is 0 Å². The van der Waals surface area contributed by atoms with Crippen LogP contribution in [-0.2, 0) is 6.54 Å². The fraction of sp³-hybridized carbons (Fsp3) is 0.625. The Hall–Kier alpha value is -0.900. The molecule has 1 fully saturated rings. The molecular formula is C16H26N2O. The highest BCUT2D eigenvalue weighted by molar-refractivity contribution is 5.14. The van der Waals surface area contributed by atoms with Crippen LogP contribution in [0.2, 0.25) is 0 Å². The first-order valence-corrected chi connectivity index (χ1v) is 7.41. The molecule has 3 heteroatoms. The van der Waals surface area contributed by atoms with E-state index < -0.39 is 5.60 Å². The number of nitrogens with two attached hydrogens (primary N) is 1. The predicted molar refractivity (Wildman–Crippen MR) is 78.8 cm³/mol. The minimum atomic E-state index is -0.469. The number of benzene rings is 1. The van der Waals surface area contributed by atoms with Crippen molar-refractivity contribution in [2.24, 2.45) is 5.73 Å². The van der Waals surface area contributed by atoms with Crippen molar-refractivity contribution in [2.45, 2.75) is 44.2 Å². The summed E-state index contributed by atoms with van der Waals surface area (Å²) in [5.41, 5.74) is 6.46. The number of rotatable bonds is 7. The van der Waals surface area contributed by atoms with Crippen molar-refractivity contribution in [1.82, 2.24) is 4.90 Å². The standard InChI is InChI=1S/C16H26N2O/c17-11-6-12-18(13-15-7-2-1-3-8-15)14-16(19)9-4-5-10-16/h1-3,7-8,19H,4-6,9-14,17H2. The van der Waals surface area contributed by atoms with Crippen LogP contribution in [0.5, 0.6) is 0 Å². The summed E-state index contributed by atoms with van der Waals surface area (Å²) in [6.45, 7) is 3.36. The number of hydrogen-bond donors (Lipinski definition) is 2. The smallest absolute Gasteiger partial charge is 0.0774 e. The van der Waals surface area contributed by atoms with Crippen molar-refractivity contribution in [3.8, 4) is 0 Å². The van der Waals surface area contributed by atoms with Crippen LogP contribution in [0.3, 0.4) is 0 Å². The Morgan fingerprint density at radius 3 is 2.47 bits per heavy atom. The molecule has 0 aliphatic heterocycles. The van der Waals surface area contributed by atoms with Gasteiger partial charge in [0.25, 0.3) is 0 Å². The van der Waals surface area contributed by atoms with Gasteiger partial charge in [0.15, 0.2) is 0 Å². The summed E-state index contributed by atoms with van der Waals surface area (Å²) >= 11 is 0. The lowest BCUT2D eigenvalue weighted by Gasteiger charge is -2.31. The summed E-state index contributed by atoms with van der Waals surface area (Å²) in [5, 5.41) is 10.6. The maximum Gasteiger partial charge on any atom is 0.0774 e. The van der Waals surface area contributed by atoms with E-state index in [1.807, 2.05) is 6.07 Å². The van der Waals surface area contributed by atoms with E-state index in [4.69, 9.17) is 5.73 Å². The second kappa shape index (κ2) is 7.04. The van der Waals surface area contributed by atoms with E-state index in [1.165, 1.54) is 5.56 Å². The molecule has 3 nitrogen and oxygen atoms in total. The third-order valence-corrected chi connectivity index (χ3v) is 3.98. The number of aliphatic hydroxyl groups is 1. The Bertz CT molecular complexity index is 360. The Morgan fingerprint density at radius 1 is 1.16 bits per heavy atom. The molecule has 0 heterocycles. The summed E-state index contributed by atoms with van der Waals surface area (Å²) in [6.07, 6.45) is 5.20. The Balaban J connectivity index is 1.95. The molecule has 0 aromatic heterocycles. The van der Waals surface area contributed by atoms with Crippen molar-refractivity contribution in [3.05, 3.63) is 35.9 Å². The zero-order valence-corrected chi connectivity index (χ0v) is 11.7. The van der Waals surface area contributed by atoms with Crippen LogP contribution < -0.4 is 5.73 Å². The second-order valence-electron chi connectivity index (χ2n) is 5.77. The fourth-order valence-electron chi connectivity index (χ4n) is 2.98. The largest absolute Gasteiger partial charge is 0.389 e. The lowest BCUT2D eigenvalue weighted by atomic mass is 10.0. The zero-order valence-electron chi connectivity index (χ0n) is 11.7. The van der Waals surface area contributed by atoms with E-state index in [9.17, 15) is 5.11 Å². The summed E-state index contributed by atoms with van der Waals surface area (Å²) < 4.78 is 0. The molecule has 3 N–H and O–H groups in total. The van der Waals surface area contributed by atoms with Crippen LogP contribution in [-0.4, -0.2) is 35.2 Å². The summed E-state index contributed by atoms with van der Waals surface area (Å²) in [5.74, 6) is 0. The average molecular weight is 262 g/mol. The van der Waals surface area contributed by atoms with Gasteiger partial charge in [-0.15, -0.1) is 0 Å². The molecule has 0 unspecified atom stereocenters. The van der Waals surface area contributed by atoms with Crippen LogP contribution in [0.4, 0.5) is 0 Å². The van der Waals surface area contributed by atoms with Gasteiger partial charge in [0.2, 0.25) is 0 Å². The van der Waals surface area contributed by atoms with Gasteiger partial charge in [-0.05, 0) is 37.9 Å². The first kappa shape index (κ1) is 14.5. The third-order valence-electron chi connectivity index (χ3n) is 3.98. The van der Waals surface area contributed by atoms with Gasteiger partial charge >= 0.3 is 0 Å². The molecule has 106 valence electrons. The molecule has 1 aliphatic carbocycles. The predicted octanol–water partition coefficient (Wildman–Crippen LogP) is 2.14. The minimum Gasteiger partial charge on any atom is -0.389 e. The van der Waals surface area contributed by atoms with E-state index in [1.54, 1.807) is 0 Å². The molecule has 1 saturated carbocycles. The van der Waals surface area contributed by atoms with E-state index in [0.717, 1.165) is 51.7 Å². The van der Waals surface area contributed by atoms with Crippen molar-refractivity contribution in [2.75, 3.05) is 19.6 Å². The quantitative estimate of drug-likeness (QED) is 0.791. The number of hydrogen-bond acceptors (Lipinski definition) is 3. The molecular weight excluding hydrogens is 236 g/mol. The highest BCUT2D eigenvalue weighted by Gasteiger charge is 2.32. The minimum absolute atomic E-state index is 0.469. The Morgan fingerprint density at radius 2 is 1.84 bits per heavy atom. The van der Waals surface area contributed by atoms with Crippen molar-refractivity contribution in [1.29, 1.82) is 0 Å². The lowest BCUT2D eigenvalue weighted by Crippen LogP contribution is -2.41. The molecule has 1 aromatic rings. The van der Waals surface area contributed by atoms with E-state index in [2.05, 4.69) is 29.2 Å². The van der Waals surface area contributed by atoms with Gasteiger partial charge in [-0.2, -0.15) is 0 Å². The summed E-state index contributed by atoms with van der Waals surface area (Å²) in [6, 6.07) is 10.5. The Kier molecular flexibility index (Phi) is 5.37. The maximum atomic E-state index is 10.6. The van der Waals surface area contributed by atoms with E-state index >= 15 is 0 Å². The molecule has 0 atom stereocenters. The van der Waals surface area contributed by atoms with Crippen LogP contribution in [0, 0.1) is 0 Å². The van der Waals surface area contributed by atoms with Gasteiger partial charge < -0.3 is 10.8 Å². The summed E-state index contributed by atoms with van der Waals surface area (Å²) in [4.78, 5) is 2.35. The fourth-order valence-corrected chi connectivity index (χ4v) is 2.98. The molecule has 1 aliphatic rings. The van der Waals surface area contributed by atoms with E-state index in [0.29, 0.717) is 6.54 Å². The van der Waals surface area contributed by atoms with Gasteiger partial charge in [-0.25, -0.2) is 0 Å². The third kappa shape index (κ3) is 4.60. The molecule has 1 aromatic carbocycles. The van der Waals surface area contributed by atoms with E-state index in [-0.39, 0.29) is 0 Å². The first-order valence-electron chi connectivity index (χ1n) is 7.41. The molecule has 0 radical (unpaired) electrons. The monoisotopic (exact) mass is 262 g/mol. The normalized spacial score (nSPS) is 18.1. The van der Waals surface area contributed by atoms with Gasteiger partial charge in [0, 0.05) is 13.1 Å². The topological polar surface area (TPSA) is 49.5 Å². The lowest BCUT2D eigenvalue weighted by molar-refractivity contribution is 0.00685. The SMILES string of the molecule is NCCCN(Cc1ccccc1)CC1(O)CCCC1. The molecule has 0 amide bonds. The van der Waals surface area contributed by atoms with Crippen molar-refractivity contribution >= 4 is 0 Å². The van der Waals surface area contributed by atoms with Crippen molar-refractivity contribution < 1.29 is 5.11 Å². The van der Waals surface area contributed by atoms with Crippen LogP contribution >= 0.6 is 0 Å². The van der Waals surface area contributed by atoms with Crippen LogP contribution in [0.15, 0.2) is 30.3 Å². The number of nitrogens with zero attached hydrogens (tertiary/aromatic N) is 1. The van der Waals surface area contributed by atoms with Crippen LogP contribution in [0.1, 0.15) is 37.7 Å². The van der Waals surface area contributed by atoms with Crippen molar-refractivity contribution in [3.63, 3.8) is 0 Å². The first-order chi connectivity index (χ1) is 9.22. The average Bonchev–Trinajstić information content (AvgIpc) is 2.84. The molecule has 0 saturated heterocycles. The second-order valence-corrected chi connectivity index (χ2v) is 5.77. The Labute approximate surface area is 116 Å². The highest BCUT2D eigenvalue weighted by Crippen LogP contribution is 2.30. The molecule has 2 rings (SSSR count). The van der Waals surface area contributed by atoms with Gasteiger partial charge in [0.05, 0.1) is 5.60 Å². The highest BCUT2D eigenvalue weighted by atomic mass is 16.3. The summed E-state index contributed by atoms with van der Waals surface area (Å²) in [7, 11) is 0. The van der Waals surface area contributed by atoms with Gasteiger partial charge in [-0.1, -0.05) is 43.2 Å². The maximum absolute atomic E-state index is 10.6. The zero-order chi connectivity index (χ0) is 13.6. The molecule has 0 bridgehead atoms. The molecule has 19 heavy (non-hydrogen) atoms.